The summed E-state index contributed by atoms with van der Waals surface area (Å²) in [6.07, 6.45) is 0. The Balaban J connectivity index is 1.90. The number of rotatable bonds is 4. The highest BCUT2D eigenvalue weighted by Gasteiger charge is 2.06. The molecule has 1 amide bonds. The lowest BCUT2D eigenvalue weighted by atomic mass is 10.2. The summed E-state index contributed by atoms with van der Waals surface area (Å²) >= 11 is 7.44. The van der Waals surface area contributed by atoms with Gasteiger partial charge in [-0.25, -0.2) is 0 Å². The van der Waals surface area contributed by atoms with E-state index in [-0.39, 0.29) is 5.91 Å². The van der Waals surface area contributed by atoms with Crippen LogP contribution in [-0.4, -0.2) is 11.7 Å². The average Bonchev–Trinajstić information content (AvgIpc) is 2.40. The Hall–Kier alpha value is -1.65. The number of nitrogens with one attached hydrogen (secondary N) is 1. The zero-order valence-corrected chi connectivity index (χ0v) is 12.6. The quantitative estimate of drug-likeness (QED) is 0.664. The van der Waals surface area contributed by atoms with E-state index in [1.54, 1.807) is 12.1 Å². The minimum Gasteiger partial charge on any atom is -0.399 e. The van der Waals surface area contributed by atoms with Crippen molar-refractivity contribution in [3.63, 3.8) is 0 Å². The van der Waals surface area contributed by atoms with Crippen molar-refractivity contribution in [2.45, 2.75) is 11.8 Å². The van der Waals surface area contributed by atoms with E-state index < -0.39 is 0 Å². The molecule has 2 aromatic carbocycles. The molecule has 20 heavy (non-hydrogen) atoms. The van der Waals surface area contributed by atoms with Gasteiger partial charge in [0.1, 0.15) is 0 Å². The van der Waals surface area contributed by atoms with Gasteiger partial charge in [0.25, 0.3) is 0 Å². The SMILES string of the molecule is Cc1ccc(NC(=O)CSc2ccc(N)cc2Cl)cc1. The maximum atomic E-state index is 11.8. The number of hydrogen-bond donors (Lipinski definition) is 2. The van der Waals surface area contributed by atoms with Crippen LogP contribution in [0, 0.1) is 6.92 Å². The summed E-state index contributed by atoms with van der Waals surface area (Å²) in [6.45, 7) is 2.00. The summed E-state index contributed by atoms with van der Waals surface area (Å²) in [4.78, 5) is 12.7. The third-order valence-corrected chi connectivity index (χ3v) is 4.15. The number of hydrogen-bond acceptors (Lipinski definition) is 3. The Kier molecular flexibility index (Phi) is 4.93. The lowest BCUT2D eigenvalue weighted by Crippen LogP contribution is -2.13. The van der Waals surface area contributed by atoms with E-state index >= 15 is 0 Å². The van der Waals surface area contributed by atoms with Crippen molar-refractivity contribution in [1.82, 2.24) is 0 Å². The van der Waals surface area contributed by atoms with Crippen molar-refractivity contribution in [2.24, 2.45) is 0 Å². The van der Waals surface area contributed by atoms with Crippen molar-refractivity contribution >= 4 is 40.6 Å². The number of aryl methyl sites for hydroxylation is 1. The van der Waals surface area contributed by atoms with Crippen LogP contribution in [0.3, 0.4) is 0 Å². The molecule has 0 aliphatic heterocycles. The number of nitrogens with two attached hydrogens (primary N) is 1. The molecule has 3 nitrogen and oxygen atoms in total. The molecule has 2 rings (SSSR count). The van der Waals surface area contributed by atoms with Crippen LogP contribution in [0.4, 0.5) is 11.4 Å². The van der Waals surface area contributed by atoms with Gasteiger partial charge in [-0.05, 0) is 37.3 Å². The molecule has 3 N–H and O–H groups in total. The third kappa shape index (κ3) is 4.18. The Bertz CT molecular complexity index is 614. The Morgan fingerprint density at radius 1 is 1.25 bits per heavy atom. The third-order valence-electron chi connectivity index (χ3n) is 2.65. The second-order valence-electron chi connectivity index (χ2n) is 4.39. The van der Waals surface area contributed by atoms with Gasteiger partial charge in [0.15, 0.2) is 0 Å². The van der Waals surface area contributed by atoms with Crippen molar-refractivity contribution in [2.75, 3.05) is 16.8 Å². The van der Waals surface area contributed by atoms with E-state index in [1.165, 1.54) is 11.8 Å². The van der Waals surface area contributed by atoms with Crippen LogP contribution in [0.15, 0.2) is 47.4 Å². The first-order valence-electron chi connectivity index (χ1n) is 6.09. The van der Waals surface area contributed by atoms with E-state index in [9.17, 15) is 4.79 Å². The second kappa shape index (κ2) is 6.68. The van der Waals surface area contributed by atoms with Gasteiger partial charge in [-0.15, -0.1) is 11.8 Å². The van der Waals surface area contributed by atoms with Gasteiger partial charge >= 0.3 is 0 Å². The van der Waals surface area contributed by atoms with Gasteiger partial charge < -0.3 is 11.1 Å². The summed E-state index contributed by atoms with van der Waals surface area (Å²) in [6, 6.07) is 13.0. The van der Waals surface area contributed by atoms with Gasteiger partial charge in [0, 0.05) is 16.3 Å². The molecule has 0 saturated carbocycles. The predicted octanol–water partition coefficient (Wildman–Crippen LogP) is 3.96. The number of carbonyl (C=O) groups is 1. The molecule has 0 aromatic heterocycles. The highest BCUT2D eigenvalue weighted by molar-refractivity contribution is 8.00. The van der Waals surface area contributed by atoms with Crippen LogP contribution < -0.4 is 11.1 Å². The van der Waals surface area contributed by atoms with Crippen molar-refractivity contribution in [3.05, 3.63) is 53.1 Å². The Labute approximate surface area is 127 Å². The van der Waals surface area contributed by atoms with E-state index in [0.717, 1.165) is 16.1 Å². The van der Waals surface area contributed by atoms with Crippen LogP contribution in [0.5, 0.6) is 0 Å². The Morgan fingerprint density at radius 2 is 1.95 bits per heavy atom. The highest BCUT2D eigenvalue weighted by Crippen LogP contribution is 2.28. The fourth-order valence-electron chi connectivity index (χ4n) is 1.61. The topological polar surface area (TPSA) is 55.1 Å². The number of anilines is 2. The number of benzene rings is 2. The standard InChI is InChI=1S/C15H15ClN2OS/c1-10-2-5-12(6-3-10)18-15(19)9-20-14-7-4-11(17)8-13(14)16/h2-8H,9,17H2,1H3,(H,18,19). The van der Waals surface area contributed by atoms with E-state index in [1.807, 2.05) is 37.3 Å². The summed E-state index contributed by atoms with van der Waals surface area (Å²) in [5.41, 5.74) is 8.19. The van der Waals surface area contributed by atoms with Gasteiger partial charge in [-0.3, -0.25) is 4.79 Å². The first kappa shape index (κ1) is 14.8. The largest absolute Gasteiger partial charge is 0.399 e. The number of amides is 1. The molecular formula is C15H15ClN2OS. The summed E-state index contributed by atoms with van der Waals surface area (Å²) < 4.78 is 0. The molecule has 0 heterocycles. The van der Waals surface area contributed by atoms with Gasteiger partial charge in [-0.2, -0.15) is 0 Å². The lowest BCUT2D eigenvalue weighted by molar-refractivity contribution is -0.113. The molecule has 104 valence electrons. The summed E-state index contributed by atoms with van der Waals surface area (Å²) in [7, 11) is 0. The fraction of sp³-hybridized carbons (Fsp3) is 0.133. The molecular weight excluding hydrogens is 292 g/mol. The average molecular weight is 307 g/mol. The predicted molar refractivity (Wildman–Crippen MR) is 86.4 cm³/mol. The summed E-state index contributed by atoms with van der Waals surface area (Å²) in [5, 5.41) is 3.41. The number of carbonyl (C=O) groups excluding carboxylic acids is 1. The molecule has 0 atom stereocenters. The minimum absolute atomic E-state index is 0.0632. The molecule has 0 aliphatic rings. The second-order valence-corrected chi connectivity index (χ2v) is 5.82. The smallest absolute Gasteiger partial charge is 0.234 e. The van der Waals surface area contributed by atoms with Gasteiger partial charge in [0.05, 0.1) is 10.8 Å². The molecule has 0 saturated heterocycles. The molecule has 0 unspecified atom stereocenters. The number of halogens is 1. The fourth-order valence-corrected chi connectivity index (χ4v) is 2.68. The number of nitrogen functional groups attached to an aromatic ring is 1. The maximum Gasteiger partial charge on any atom is 0.234 e. The zero-order valence-electron chi connectivity index (χ0n) is 11.0. The van der Waals surface area contributed by atoms with Crippen LogP contribution in [0.25, 0.3) is 0 Å². The molecule has 0 fully saturated rings. The highest BCUT2D eigenvalue weighted by atomic mass is 35.5. The minimum atomic E-state index is -0.0632. The van der Waals surface area contributed by atoms with Crippen LogP contribution in [0.1, 0.15) is 5.56 Å². The van der Waals surface area contributed by atoms with E-state index in [4.69, 9.17) is 17.3 Å². The molecule has 0 aliphatic carbocycles. The first-order chi connectivity index (χ1) is 9.54. The first-order valence-corrected chi connectivity index (χ1v) is 7.45. The van der Waals surface area contributed by atoms with Gasteiger partial charge in [-0.1, -0.05) is 29.3 Å². The molecule has 2 aromatic rings. The summed E-state index contributed by atoms with van der Waals surface area (Å²) in [5.74, 6) is 0.240. The van der Waals surface area contributed by atoms with Crippen molar-refractivity contribution in [3.8, 4) is 0 Å². The monoisotopic (exact) mass is 306 g/mol. The van der Waals surface area contributed by atoms with Gasteiger partial charge in [0.2, 0.25) is 5.91 Å². The van der Waals surface area contributed by atoms with Crippen molar-refractivity contribution < 1.29 is 4.79 Å². The van der Waals surface area contributed by atoms with Crippen molar-refractivity contribution in [1.29, 1.82) is 0 Å². The maximum absolute atomic E-state index is 11.8. The van der Waals surface area contributed by atoms with E-state index in [2.05, 4.69) is 5.32 Å². The van der Waals surface area contributed by atoms with E-state index in [0.29, 0.717) is 16.5 Å². The van der Waals surface area contributed by atoms with Crippen LogP contribution >= 0.6 is 23.4 Å². The normalized spacial score (nSPS) is 10.3. The lowest BCUT2D eigenvalue weighted by Gasteiger charge is -2.07. The van der Waals surface area contributed by atoms with Crippen LogP contribution in [-0.2, 0) is 4.79 Å². The number of thioether (sulfide) groups is 1. The Morgan fingerprint density at radius 3 is 2.60 bits per heavy atom. The van der Waals surface area contributed by atoms with Crippen LogP contribution in [0.2, 0.25) is 5.02 Å². The molecule has 5 heteroatoms. The molecule has 0 bridgehead atoms. The zero-order chi connectivity index (χ0) is 14.5. The molecule has 0 spiro atoms. The molecule has 0 radical (unpaired) electrons.